The number of hydrogen-bond donors (Lipinski definition) is 0. The van der Waals surface area contributed by atoms with E-state index in [4.69, 9.17) is 4.98 Å². The van der Waals surface area contributed by atoms with Crippen LogP contribution < -0.4 is 5.56 Å². The smallest absolute Gasteiger partial charge is 0.255 e. The number of carbonyl (C=O) groups excluding carboxylic acids is 2. The summed E-state index contributed by atoms with van der Waals surface area (Å²) in [4.78, 5) is 41.3. The van der Waals surface area contributed by atoms with Gasteiger partial charge < -0.3 is 4.57 Å². The first-order chi connectivity index (χ1) is 12.4. The van der Waals surface area contributed by atoms with Gasteiger partial charge in [-0.1, -0.05) is 6.92 Å². The predicted molar refractivity (Wildman–Crippen MR) is 99.9 cm³/mol. The van der Waals surface area contributed by atoms with Crippen molar-refractivity contribution in [2.45, 2.75) is 33.7 Å². The third-order valence-corrected chi connectivity index (χ3v) is 5.03. The Hall–Kier alpha value is -3.08. The van der Waals surface area contributed by atoms with Gasteiger partial charge in [0.15, 0.2) is 11.6 Å². The molecule has 0 aliphatic carbocycles. The van der Waals surface area contributed by atoms with Crippen molar-refractivity contribution >= 4 is 22.5 Å². The van der Waals surface area contributed by atoms with E-state index in [1.807, 2.05) is 18.2 Å². The average molecular weight is 346 g/mol. The van der Waals surface area contributed by atoms with Crippen LogP contribution in [0.3, 0.4) is 0 Å². The lowest BCUT2D eigenvalue weighted by molar-refractivity contribution is 0.0985. The lowest BCUT2D eigenvalue weighted by Gasteiger charge is -2.09. The molecule has 0 N–H and O–H groups in total. The Morgan fingerprint density at radius 1 is 1.19 bits per heavy atom. The van der Waals surface area contributed by atoms with Crippen molar-refractivity contribution in [3.8, 4) is 11.4 Å². The third kappa shape index (κ3) is 2.31. The molecular weight excluding hydrogens is 328 g/mol. The maximum atomic E-state index is 12.7. The zero-order chi connectivity index (χ0) is 18.6. The second kappa shape index (κ2) is 5.73. The lowest BCUT2D eigenvalue weighted by atomic mass is 10.0. The molecule has 0 atom stereocenters. The highest BCUT2D eigenvalue weighted by Gasteiger charge is 2.25. The van der Waals surface area contributed by atoms with Crippen LogP contribution in [-0.4, -0.2) is 21.1 Å². The minimum absolute atomic E-state index is 0.00486. The Balaban J connectivity index is 1.96. The number of benzene rings is 1. The molecule has 0 amide bonds. The molecule has 0 spiro atoms. The first-order valence-corrected chi connectivity index (χ1v) is 8.63. The van der Waals surface area contributed by atoms with Crippen molar-refractivity contribution in [1.29, 1.82) is 0 Å². The highest BCUT2D eigenvalue weighted by atomic mass is 16.1. The van der Waals surface area contributed by atoms with Crippen LogP contribution in [0.2, 0.25) is 0 Å². The Morgan fingerprint density at radius 3 is 2.65 bits per heavy atom. The minimum Gasteiger partial charge on any atom is -0.302 e. The molecule has 3 aromatic rings. The van der Waals surface area contributed by atoms with Crippen molar-refractivity contribution in [3.63, 3.8) is 0 Å². The van der Waals surface area contributed by atoms with Gasteiger partial charge in [0, 0.05) is 34.1 Å². The molecule has 0 saturated carbocycles. The van der Waals surface area contributed by atoms with Gasteiger partial charge in [0.25, 0.3) is 5.56 Å². The van der Waals surface area contributed by atoms with Gasteiger partial charge in [-0.05, 0) is 44.2 Å². The van der Waals surface area contributed by atoms with Crippen LogP contribution in [0.1, 0.15) is 52.1 Å². The summed E-state index contributed by atoms with van der Waals surface area (Å²) in [5, 5.41) is 0.874. The lowest BCUT2D eigenvalue weighted by Crippen LogP contribution is -2.24. The first-order valence-electron chi connectivity index (χ1n) is 8.63. The summed E-state index contributed by atoms with van der Waals surface area (Å²) >= 11 is 0. The second-order valence-corrected chi connectivity index (χ2v) is 6.70. The summed E-state index contributed by atoms with van der Waals surface area (Å²) in [6, 6.07) is 9.17. The first kappa shape index (κ1) is 16.4. The maximum Gasteiger partial charge on any atom is 0.255 e. The van der Waals surface area contributed by atoms with Gasteiger partial charge in [-0.25, -0.2) is 4.98 Å². The number of hydrogen-bond acceptors (Lipinski definition) is 4. The highest BCUT2D eigenvalue weighted by molar-refractivity contribution is 5.99. The summed E-state index contributed by atoms with van der Waals surface area (Å²) in [7, 11) is 0. The van der Waals surface area contributed by atoms with Crippen LogP contribution in [0.5, 0.6) is 0 Å². The fraction of sp³-hybridized carbons (Fsp3) is 0.238. The van der Waals surface area contributed by atoms with Crippen LogP contribution in [0.4, 0.5) is 0 Å². The number of ketones is 2. The van der Waals surface area contributed by atoms with Gasteiger partial charge in [0.2, 0.25) is 0 Å². The van der Waals surface area contributed by atoms with E-state index in [-0.39, 0.29) is 17.1 Å². The molecule has 130 valence electrons. The van der Waals surface area contributed by atoms with Gasteiger partial charge in [-0.15, -0.1) is 0 Å². The summed E-state index contributed by atoms with van der Waals surface area (Å²) in [6.07, 6.45) is 0.357. The molecule has 1 aromatic carbocycles. The fourth-order valence-corrected chi connectivity index (χ4v) is 3.54. The van der Waals surface area contributed by atoms with E-state index in [0.29, 0.717) is 35.3 Å². The van der Waals surface area contributed by atoms with E-state index in [2.05, 4.69) is 0 Å². The Morgan fingerprint density at radius 2 is 1.96 bits per heavy atom. The van der Waals surface area contributed by atoms with Crippen LogP contribution in [0.25, 0.3) is 22.3 Å². The summed E-state index contributed by atoms with van der Waals surface area (Å²) in [5.41, 5.74) is 4.56. The van der Waals surface area contributed by atoms with Crippen molar-refractivity contribution in [1.82, 2.24) is 9.55 Å². The SMILES string of the molecule is CCC(=O)c1cc2n(c(=O)c1C)Cc1cc3cc(C(C)=O)ccc3nc1-2. The number of carbonyl (C=O) groups is 2. The van der Waals surface area contributed by atoms with Gasteiger partial charge in [0.1, 0.15) is 0 Å². The zero-order valence-electron chi connectivity index (χ0n) is 14.9. The molecule has 0 saturated heterocycles. The summed E-state index contributed by atoms with van der Waals surface area (Å²) < 4.78 is 1.67. The topological polar surface area (TPSA) is 69.0 Å². The molecular formula is C21H18N2O3. The van der Waals surface area contributed by atoms with E-state index in [1.165, 1.54) is 6.92 Å². The van der Waals surface area contributed by atoms with Crippen LogP contribution in [0, 0.1) is 6.92 Å². The van der Waals surface area contributed by atoms with E-state index >= 15 is 0 Å². The molecule has 26 heavy (non-hydrogen) atoms. The molecule has 0 radical (unpaired) electrons. The van der Waals surface area contributed by atoms with E-state index in [1.54, 1.807) is 30.5 Å². The molecule has 5 nitrogen and oxygen atoms in total. The molecule has 0 unspecified atom stereocenters. The normalized spacial score (nSPS) is 12.1. The number of rotatable bonds is 3. The number of aromatic nitrogens is 2. The molecule has 3 heterocycles. The fourth-order valence-electron chi connectivity index (χ4n) is 3.54. The molecule has 0 bridgehead atoms. The van der Waals surface area contributed by atoms with Crippen LogP contribution >= 0.6 is 0 Å². The van der Waals surface area contributed by atoms with Crippen LogP contribution in [-0.2, 0) is 6.54 Å². The quantitative estimate of drug-likeness (QED) is 0.532. The highest BCUT2D eigenvalue weighted by Crippen LogP contribution is 2.32. The minimum atomic E-state index is -0.147. The monoisotopic (exact) mass is 346 g/mol. The summed E-state index contributed by atoms with van der Waals surface area (Å²) in [6.45, 7) is 5.45. The molecule has 1 aliphatic rings. The summed E-state index contributed by atoms with van der Waals surface area (Å²) in [5.74, 6) is -0.0337. The van der Waals surface area contributed by atoms with Crippen molar-refractivity contribution in [3.05, 3.63) is 62.9 Å². The Labute approximate surface area is 150 Å². The predicted octanol–water partition coefficient (Wildman–Crippen LogP) is 3.53. The third-order valence-electron chi connectivity index (χ3n) is 5.03. The van der Waals surface area contributed by atoms with Gasteiger partial charge in [-0.3, -0.25) is 14.4 Å². The number of fused-ring (bicyclic) bond motifs is 4. The standard InChI is InChI=1S/C21H18N2O3/c1-4-19(25)16-9-18-20-15(10-23(18)21(26)11(16)2)8-14-7-13(12(3)24)5-6-17(14)22-20/h5-9H,4,10H2,1-3H3. The molecule has 2 aromatic heterocycles. The maximum absolute atomic E-state index is 12.7. The van der Waals surface area contributed by atoms with Crippen molar-refractivity contribution in [2.75, 3.05) is 0 Å². The van der Waals surface area contributed by atoms with Gasteiger partial charge >= 0.3 is 0 Å². The number of nitrogens with zero attached hydrogens (tertiary/aromatic N) is 2. The van der Waals surface area contributed by atoms with Crippen LogP contribution in [0.15, 0.2) is 35.1 Å². The molecule has 5 heteroatoms. The van der Waals surface area contributed by atoms with Gasteiger partial charge in [-0.2, -0.15) is 0 Å². The second-order valence-electron chi connectivity index (χ2n) is 6.70. The zero-order valence-corrected chi connectivity index (χ0v) is 14.9. The van der Waals surface area contributed by atoms with Crippen molar-refractivity contribution in [2.24, 2.45) is 0 Å². The molecule has 1 aliphatic heterocycles. The Bertz CT molecular complexity index is 1170. The largest absolute Gasteiger partial charge is 0.302 e. The van der Waals surface area contributed by atoms with Crippen molar-refractivity contribution < 1.29 is 9.59 Å². The average Bonchev–Trinajstić information content (AvgIpc) is 2.99. The van der Waals surface area contributed by atoms with E-state index in [9.17, 15) is 14.4 Å². The Kier molecular flexibility index (Phi) is 3.61. The number of pyridine rings is 2. The van der Waals surface area contributed by atoms with Gasteiger partial charge in [0.05, 0.1) is 23.4 Å². The van der Waals surface area contributed by atoms with E-state index < -0.39 is 0 Å². The van der Waals surface area contributed by atoms with E-state index in [0.717, 1.165) is 22.2 Å². The number of Topliss-reactive ketones (excluding diaryl/α,β-unsaturated/α-hetero) is 2. The molecule has 4 rings (SSSR count). The molecule has 0 fully saturated rings.